The number of methoxy groups -OCH3 is 1. The van der Waals surface area contributed by atoms with Crippen LogP contribution in [0.3, 0.4) is 0 Å². The van der Waals surface area contributed by atoms with Gasteiger partial charge in [0.15, 0.2) is 0 Å². The molecular formula is C14H15NO3. The lowest BCUT2D eigenvalue weighted by Crippen LogP contribution is -2.18. The summed E-state index contributed by atoms with van der Waals surface area (Å²) in [6.07, 6.45) is 0.371. The van der Waals surface area contributed by atoms with E-state index in [4.69, 9.17) is 5.26 Å². The van der Waals surface area contributed by atoms with Gasteiger partial charge in [-0.2, -0.15) is 5.26 Å². The Morgan fingerprint density at radius 1 is 1.33 bits per heavy atom. The maximum absolute atomic E-state index is 11.7. The highest BCUT2D eigenvalue weighted by atomic mass is 16.5. The van der Waals surface area contributed by atoms with E-state index in [1.807, 2.05) is 18.2 Å². The highest BCUT2D eigenvalue weighted by Gasteiger charge is 2.17. The number of carbonyl (C=O) groups is 2. The van der Waals surface area contributed by atoms with Gasteiger partial charge >= 0.3 is 5.97 Å². The van der Waals surface area contributed by atoms with Crippen LogP contribution in [0.25, 0.3) is 0 Å². The average Bonchev–Trinajstić information content (AvgIpc) is 2.39. The summed E-state index contributed by atoms with van der Waals surface area (Å²) in [7, 11) is 1.26. The molecule has 1 aromatic carbocycles. The minimum Gasteiger partial charge on any atom is -0.469 e. The van der Waals surface area contributed by atoms with E-state index >= 15 is 0 Å². The van der Waals surface area contributed by atoms with Gasteiger partial charge in [0.1, 0.15) is 12.2 Å². The van der Waals surface area contributed by atoms with Gasteiger partial charge in [-0.1, -0.05) is 19.1 Å². The number of esters is 1. The van der Waals surface area contributed by atoms with Gasteiger partial charge in [-0.3, -0.25) is 9.59 Å². The summed E-state index contributed by atoms with van der Waals surface area (Å²) in [5, 5.41) is 8.67. The molecule has 4 nitrogen and oxygen atoms in total. The zero-order valence-corrected chi connectivity index (χ0v) is 10.5. The summed E-state index contributed by atoms with van der Waals surface area (Å²) in [6, 6.07) is 9.11. The number of carbonyl (C=O) groups excluding carboxylic acids is 2. The van der Waals surface area contributed by atoms with Crippen molar-refractivity contribution in [2.75, 3.05) is 7.11 Å². The van der Waals surface area contributed by atoms with Crippen LogP contribution in [0.1, 0.15) is 24.5 Å². The van der Waals surface area contributed by atoms with Crippen molar-refractivity contribution in [3.8, 4) is 6.07 Å². The number of hydrogen-bond acceptors (Lipinski definition) is 4. The number of nitriles is 1. The lowest BCUT2D eigenvalue weighted by Gasteiger charge is -2.09. The van der Waals surface area contributed by atoms with E-state index in [2.05, 4.69) is 4.74 Å². The van der Waals surface area contributed by atoms with Crippen molar-refractivity contribution in [3.63, 3.8) is 0 Å². The normalized spacial score (nSPS) is 11.4. The molecule has 0 bridgehead atoms. The number of benzene rings is 1. The highest BCUT2D eigenvalue weighted by molar-refractivity contribution is 5.96. The summed E-state index contributed by atoms with van der Waals surface area (Å²) in [5.74, 6) is -0.880. The van der Waals surface area contributed by atoms with Crippen molar-refractivity contribution < 1.29 is 14.3 Å². The van der Waals surface area contributed by atoms with E-state index in [-0.39, 0.29) is 18.1 Å². The Kier molecular flexibility index (Phi) is 5.06. The number of ketones is 1. The second-order valence-electron chi connectivity index (χ2n) is 4.13. The number of hydrogen-bond donors (Lipinski definition) is 0. The van der Waals surface area contributed by atoms with Gasteiger partial charge in [0, 0.05) is 5.92 Å². The largest absolute Gasteiger partial charge is 0.469 e. The molecule has 0 aliphatic carbocycles. The molecule has 0 fully saturated rings. The molecule has 0 amide bonds. The topological polar surface area (TPSA) is 67.2 Å². The van der Waals surface area contributed by atoms with Crippen molar-refractivity contribution in [1.82, 2.24) is 0 Å². The highest BCUT2D eigenvalue weighted by Crippen LogP contribution is 2.12. The van der Waals surface area contributed by atoms with Gasteiger partial charge in [0.25, 0.3) is 0 Å². The van der Waals surface area contributed by atoms with Crippen LogP contribution < -0.4 is 0 Å². The maximum atomic E-state index is 11.7. The summed E-state index contributed by atoms with van der Waals surface area (Å²) in [5.41, 5.74) is 1.56. The molecule has 18 heavy (non-hydrogen) atoms. The number of nitrogens with zero attached hydrogens (tertiary/aromatic N) is 1. The second kappa shape index (κ2) is 6.55. The number of Topliss-reactive ketones (excluding diaryl/α,β-unsaturated/α-hetero) is 1. The predicted octanol–water partition coefficient (Wildman–Crippen LogP) is 1.87. The molecule has 4 heteroatoms. The standard InChI is InChI=1S/C14H15NO3/c1-10(13(16)8-14(17)18-2)7-11-3-5-12(9-15)6-4-11/h3-6,10H,7-8H2,1-2H3. The Morgan fingerprint density at radius 3 is 2.44 bits per heavy atom. The van der Waals surface area contributed by atoms with E-state index < -0.39 is 5.97 Å². The first-order chi connectivity index (χ1) is 8.56. The molecule has 0 saturated carbocycles. The van der Waals surface area contributed by atoms with Crippen LogP contribution in [0.15, 0.2) is 24.3 Å². The van der Waals surface area contributed by atoms with Crippen LogP contribution in [0.5, 0.6) is 0 Å². The molecule has 0 N–H and O–H groups in total. The molecule has 0 spiro atoms. The summed E-state index contributed by atoms with van der Waals surface area (Å²) < 4.78 is 4.46. The lowest BCUT2D eigenvalue weighted by molar-refractivity contribution is -0.144. The third kappa shape index (κ3) is 4.02. The van der Waals surface area contributed by atoms with Gasteiger partial charge in [0.2, 0.25) is 0 Å². The number of rotatable bonds is 5. The first-order valence-electron chi connectivity index (χ1n) is 5.65. The minimum atomic E-state index is -0.508. The van der Waals surface area contributed by atoms with Crippen molar-refractivity contribution in [3.05, 3.63) is 35.4 Å². The van der Waals surface area contributed by atoms with Crippen LogP contribution in [-0.4, -0.2) is 18.9 Å². The van der Waals surface area contributed by atoms with Gasteiger partial charge < -0.3 is 4.74 Å². The van der Waals surface area contributed by atoms with E-state index in [0.29, 0.717) is 12.0 Å². The Morgan fingerprint density at radius 2 is 1.94 bits per heavy atom. The van der Waals surface area contributed by atoms with Crippen LogP contribution in [0, 0.1) is 17.2 Å². The van der Waals surface area contributed by atoms with Crippen molar-refractivity contribution >= 4 is 11.8 Å². The smallest absolute Gasteiger partial charge is 0.313 e. The van der Waals surface area contributed by atoms with Crippen LogP contribution >= 0.6 is 0 Å². The molecule has 1 rings (SSSR count). The first-order valence-corrected chi connectivity index (χ1v) is 5.65. The SMILES string of the molecule is COC(=O)CC(=O)C(C)Cc1ccc(C#N)cc1. The maximum Gasteiger partial charge on any atom is 0.313 e. The molecule has 1 atom stereocenters. The fourth-order valence-corrected chi connectivity index (χ4v) is 1.57. The minimum absolute atomic E-state index is 0.133. The summed E-state index contributed by atoms with van der Waals surface area (Å²) >= 11 is 0. The quantitative estimate of drug-likeness (QED) is 0.586. The summed E-state index contributed by atoms with van der Waals surface area (Å²) in [6.45, 7) is 1.78. The Balaban J connectivity index is 2.58. The molecule has 0 heterocycles. The first kappa shape index (κ1) is 13.9. The average molecular weight is 245 g/mol. The predicted molar refractivity (Wildman–Crippen MR) is 65.7 cm³/mol. The third-order valence-corrected chi connectivity index (χ3v) is 2.72. The third-order valence-electron chi connectivity index (χ3n) is 2.72. The van der Waals surface area contributed by atoms with E-state index in [0.717, 1.165) is 5.56 Å². The van der Waals surface area contributed by atoms with Gasteiger partial charge in [-0.25, -0.2) is 0 Å². The molecule has 0 aliphatic rings. The monoisotopic (exact) mass is 245 g/mol. The van der Waals surface area contributed by atoms with E-state index in [9.17, 15) is 9.59 Å². The van der Waals surface area contributed by atoms with Crippen molar-refractivity contribution in [1.29, 1.82) is 5.26 Å². The second-order valence-corrected chi connectivity index (χ2v) is 4.13. The molecule has 0 saturated heterocycles. The van der Waals surface area contributed by atoms with Crippen LogP contribution in [0.4, 0.5) is 0 Å². The van der Waals surface area contributed by atoms with Crippen LogP contribution in [-0.2, 0) is 20.7 Å². The Bertz CT molecular complexity index is 471. The van der Waals surface area contributed by atoms with E-state index in [1.165, 1.54) is 7.11 Å². The van der Waals surface area contributed by atoms with Gasteiger partial charge in [-0.15, -0.1) is 0 Å². The molecule has 1 unspecified atom stereocenters. The molecule has 0 aromatic heterocycles. The Hall–Kier alpha value is -2.15. The molecule has 0 aliphatic heterocycles. The zero-order chi connectivity index (χ0) is 13.5. The molecule has 1 aromatic rings. The van der Waals surface area contributed by atoms with Crippen LogP contribution in [0.2, 0.25) is 0 Å². The lowest BCUT2D eigenvalue weighted by atomic mass is 9.95. The van der Waals surface area contributed by atoms with Gasteiger partial charge in [0.05, 0.1) is 18.7 Å². The van der Waals surface area contributed by atoms with Gasteiger partial charge in [-0.05, 0) is 24.1 Å². The molecular weight excluding hydrogens is 230 g/mol. The van der Waals surface area contributed by atoms with Crippen molar-refractivity contribution in [2.24, 2.45) is 5.92 Å². The fraction of sp³-hybridized carbons (Fsp3) is 0.357. The Labute approximate surface area is 106 Å². The zero-order valence-electron chi connectivity index (χ0n) is 10.5. The molecule has 94 valence electrons. The van der Waals surface area contributed by atoms with Crippen molar-refractivity contribution in [2.45, 2.75) is 19.8 Å². The summed E-state index contributed by atoms with van der Waals surface area (Å²) in [4.78, 5) is 22.7. The molecule has 0 radical (unpaired) electrons. The number of ether oxygens (including phenoxy) is 1. The van der Waals surface area contributed by atoms with E-state index in [1.54, 1.807) is 19.1 Å². The fourth-order valence-electron chi connectivity index (χ4n) is 1.57.